The molecule has 0 fully saturated rings. The molecule has 6 heteroatoms. The highest BCUT2D eigenvalue weighted by Crippen LogP contribution is 2.45. The number of fused-ring (bicyclic) bond motifs is 10. The Morgan fingerprint density at radius 2 is 0.968 bits per heavy atom. The summed E-state index contributed by atoms with van der Waals surface area (Å²) >= 11 is 1.79. The molecule has 4 heterocycles. The first kappa shape index (κ1) is 35.6. The van der Waals surface area contributed by atoms with Gasteiger partial charge in [0.05, 0.1) is 27.8 Å². The summed E-state index contributed by atoms with van der Waals surface area (Å²) in [6, 6.07) is 75.6. The van der Waals surface area contributed by atoms with Crippen molar-refractivity contribution in [2.24, 2.45) is 0 Å². The van der Waals surface area contributed by atoms with Gasteiger partial charge < -0.3 is 4.57 Å². The minimum atomic E-state index is 0.571. The van der Waals surface area contributed by atoms with Gasteiger partial charge in [0, 0.05) is 58.4 Å². The Labute approximate surface area is 366 Å². The van der Waals surface area contributed by atoms with E-state index in [1.54, 1.807) is 11.3 Å². The van der Waals surface area contributed by atoms with Gasteiger partial charge in [-0.25, -0.2) is 4.98 Å². The summed E-state index contributed by atoms with van der Waals surface area (Å²) in [5.41, 5.74) is 12.0. The molecule has 63 heavy (non-hydrogen) atoms. The van der Waals surface area contributed by atoms with Gasteiger partial charge in [-0.05, 0) is 53.1 Å². The van der Waals surface area contributed by atoms with Crippen LogP contribution >= 0.6 is 11.3 Å². The van der Waals surface area contributed by atoms with Crippen LogP contribution in [-0.2, 0) is 0 Å². The van der Waals surface area contributed by atoms with Crippen LogP contribution in [0.3, 0.4) is 0 Å². The van der Waals surface area contributed by atoms with Crippen molar-refractivity contribution in [2.45, 2.75) is 0 Å². The lowest BCUT2D eigenvalue weighted by Gasteiger charge is -2.17. The average Bonchev–Trinajstić information content (AvgIpc) is 4.02. The van der Waals surface area contributed by atoms with Gasteiger partial charge in [-0.1, -0.05) is 176 Å². The van der Waals surface area contributed by atoms with E-state index in [0.29, 0.717) is 17.6 Å². The van der Waals surface area contributed by atoms with E-state index in [4.69, 9.17) is 15.0 Å². The van der Waals surface area contributed by atoms with Crippen LogP contribution in [0.25, 0.3) is 120 Å². The van der Waals surface area contributed by atoms with E-state index < -0.39 is 0 Å². The molecule has 0 radical (unpaired) electrons. The normalized spacial score (nSPS) is 11.8. The molecular weight excluding hydrogens is 787 g/mol. The van der Waals surface area contributed by atoms with E-state index in [9.17, 15) is 0 Å². The van der Waals surface area contributed by atoms with Crippen molar-refractivity contribution in [2.75, 3.05) is 0 Å². The molecule has 0 spiro atoms. The van der Waals surface area contributed by atoms with Crippen LogP contribution in [0, 0.1) is 0 Å². The fourth-order valence-electron chi connectivity index (χ4n) is 9.59. The van der Waals surface area contributed by atoms with Gasteiger partial charge in [-0.2, -0.15) is 9.97 Å². The summed E-state index contributed by atoms with van der Waals surface area (Å²) < 4.78 is 7.14. The topological polar surface area (TPSA) is 48.5 Å². The highest BCUT2D eigenvalue weighted by molar-refractivity contribution is 7.26. The number of para-hydroxylation sites is 2. The Morgan fingerprint density at radius 3 is 1.75 bits per heavy atom. The lowest BCUT2D eigenvalue weighted by atomic mass is 9.97. The van der Waals surface area contributed by atoms with Crippen molar-refractivity contribution in [3.63, 3.8) is 0 Å². The maximum absolute atomic E-state index is 5.44. The number of thiophene rings is 1. The van der Waals surface area contributed by atoms with Crippen molar-refractivity contribution in [3.05, 3.63) is 212 Å². The highest BCUT2D eigenvalue weighted by Gasteiger charge is 2.25. The Hall–Kier alpha value is -8.19. The molecule has 13 aromatic rings. The quantitative estimate of drug-likeness (QED) is 0.168. The molecule has 0 aliphatic heterocycles. The van der Waals surface area contributed by atoms with Crippen LogP contribution in [0.5, 0.6) is 0 Å². The number of rotatable bonds is 6. The van der Waals surface area contributed by atoms with E-state index in [2.05, 4.69) is 203 Å². The Bertz CT molecular complexity index is 3900. The molecule has 0 saturated heterocycles. The van der Waals surface area contributed by atoms with Crippen LogP contribution in [0.2, 0.25) is 0 Å². The van der Waals surface area contributed by atoms with Gasteiger partial charge in [-0.3, -0.25) is 4.57 Å². The number of hydrogen-bond acceptors (Lipinski definition) is 4. The van der Waals surface area contributed by atoms with E-state index in [-0.39, 0.29) is 0 Å². The first-order chi connectivity index (χ1) is 31.3. The second-order valence-electron chi connectivity index (χ2n) is 16.0. The largest absolute Gasteiger partial charge is 0.308 e. The van der Waals surface area contributed by atoms with Crippen molar-refractivity contribution >= 4 is 75.1 Å². The molecular formula is C57H35N5S. The summed E-state index contributed by atoms with van der Waals surface area (Å²) in [6.45, 7) is 0. The van der Waals surface area contributed by atoms with Crippen LogP contribution in [0.15, 0.2) is 212 Å². The summed E-state index contributed by atoms with van der Waals surface area (Å²) in [5, 5.41) is 7.08. The average molecular weight is 822 g/mol. The Morgan fingerprint density at radius 1 is 0.349 bits per heavy atom. The minimum Gasteiger partial charge on any atom is -0.308 e. The zero-order valence-corrected chi connectivity index (χ0v) is 34.7. The van der Waals surface area contributed by atoms with Crippen molar-refractivity contribution in [3.8, 4) is 56.7 Å². The Balaban J connectivity index is 1.14. The molecule has 9 aromatic carbocycles. The van der Waals surface area contributed by atoms with E-state index in [0.717, 1.165) is 71.0 Å². The molecule has 0 bridgehead atoms. The molecule has 294 valence electrons. The maximum atomic E-state index is 5.44. The number of hydrogen-bond donors (Lipinski definition) is 0. The van der Waals surface area contributed by atoms with E-state index in [1.165, 1.54) is 31.8 Å². The van der Waals surface area contributed by atoms with Crippen LogP contribution < -0.4 is 0 Å². The highest BCUT2D eigenvalue weighted by atomic mass is 32.1. The first-order valence-corrected chi connectivity index (χ1v) is 22.0. The third kappa shape index (κ3) is 5.59. The van der Waals surface area contributed by atoms with Crippen molar-refractivity contribution in [1.29, 1.82) is 0 Å². The molecule has 0 saturated carbocycles. The van der Waals surface area contributed by atoms with Crippen molar-refractivity contribution in [1.82, 2.24) is 24.1 Å². The summed E-state index contributed by atoms with van der Waals surface area (Å²) in [7, 11) is 0. The number of benzene rings is 9. The van der Waals surface area contributed by atoms with E-state index in [1.807, 2.05) is 18.2 Å². The maximum Gasteiger partial charge on any atom is 0.238 e. The van der Waals surface area contributed by atoms with Gasteiger partial charge in [0.1, 0.15) is 0 Å². The molecule has 0 aliphatic rings. The third-order valence-corrected chi connectivity index (χ3v) is 13.6. The predicted octanol–water partition coefficient (Wildman–Crippen LogP) is 15.1. The van der Waals surface area contributed by atoms with Gasteiger partial charge in [0.15, 0.2) is 11.6 Å². The second-order valence-corrected chi connectivity index (χ2v) is 17.0. The predicted molar refractivity (Wildman–Crippen MR) is 263 cm³/mol. The second kappa shape index (κ2) is 14.2. The SMILES string of the molecule is c1ccc(-c2ccc(-c3ccccc3)c(-n3c4ccccc4c4ccc5c(c6ccccc6n5-c5nc(-c6ccccc6)nc(-c6cccc7c6sc6ccccc67)n5)c43)c2)cc1. The van der Waals surface area contributed by atoms with Crippen molar-refractivity contribution < 1.29 is 0 Å². The van der Waals surface area contributed by atoms with Crippen LogP contribution in [-0.4, -0.2) is 24.1 Å². The summed E-state index contributed by atoms with van der Waals surface area (Å²) in [5.74, 6) is 1.84. The van der Waals surface area contributed by atoms with Gasteiger partial charge in [-0.15, -0.1) is 11.3 Å². The molecule has 0 unspecified atom stereocenters. The lowest BCUT2D eigenvalue weighted by Crippen LogP contribution is -2.06. The minimum absolute atomic E-state index is 0.571. The zero-order chi connectivity index (χ0) is 41.4. The van der Waals surface area contributed by atoms with Gasteiger partial charge in [0.25, 0.3) is 0 Å². The molecule has 13 rings (SSSR count). The molecule has 5 nitrogen and oxygen atoms in total. The first-order valence-electron chi connectivity index (χ1n) is 21.2. The number of nitrogens with zero attached hydrogens (tertiary/aromatic N) is 5. The molecule has 0 atom stereocenters. The fraction of sp³-hybridized carbons (Fsp3) is 0. The van der Waals surface area contributed by atoms with Gasteiger partial charge in [0.2, 0.25) is 5.95 Å². The fourth-order valence-corrected chi connectivity index (χ4v) is 10.8. The molecule has 0 N–H and O–H groups in total. The number of aromatic nitrogens is 5. The summed E-state index contributed by atoms with van der Waals surface area (Å²) in [4.78, 5) is 16.0. The standard InChI is InChI=1S/C57H35N5S/c1-4-17-36(18-5-1)39-31-32-40(37-19-6-2-7-20-37)50(35-39)61-47-28-13-10-23-41(47)43-33-34-49-52(53(43)61)45-25-11-14-29-48(45)62(49)57-59-55(38-21-8-3-9-22-38)58-56(60-57)46-27-16-26-44-42-24-12-15-30-51(42)63-54(44)46/h1-35H. The third-order valence-electron chi connectivity index (χ3n) is 12.4. The molecule has 0 aliphatic carbocycles. The van der Waals surface area contributed by atoms with E-state index >= 15 is 0 Å². The summed E-state index contributed by atoms with van der Waals surface area (Å²) in [6.07, 6.45) is 0. The Kier molecular flexibility index (Phi) is 8.01. The smallest absolute Gasteiger partial charge is 0.238 e. The monoisotopic (exact) mass is 821 g/mol. The lowest BCUT2D eigenvalue weighted by molar-refractivity contribution is 0.954. The van der Waals surface area contributed by atoms with Crippen LogP contribution in [0.4, 0.5) is 0 Å². The van der Waals surface area contributed by atoms with Crippen LogP contribution in [0.1, 0.15) is 0 Å². The molecule has 0 amide bonds. The molecule has 4 aromatic heterocycles. The van der Waals surface area contributed by atoms with Gasteiger partial charge >= 0.3 is 0 Å². The zero-order valence-electron chi connectivity index (χ0n) is 33.9.